The molecule has 1 aromatic heterocycles. The van der Waals surface area contributed by atoms with E-state index in [0.717, 1.165) is 24.5 Å². The minimum atomic E-state index is -1.02. The van der Waals surface area contributed by atoms with Crippen molar-refractivity contribution in [3.8, 4) is 0 Å². The number of carboxylic acid groups (broad SMARTS) is 1. The molecule has 1 aliphatic rings. The van der Waals surface area contributed by atoms with Gasteiger partial charge in [-0.25, -0.2) is 9.78 Å². The Morgan fingerprint density at radius 1 is 1.52 bits per heavy atom. The smallest absolute Gasteiger partial charge is 0.326 e. The number of hydrogen-bond donors (Lipinski definition) is 2. The molecule has 0 radical (unpaired) electrons. The molecule has 1 amide bonds. The molecule has 23 heavy (non-hydrogen) atoms. The van der Waals surface area contributed by atoms with Gasteiger partial charge < -0.3 is 15.2 Å². The van der Waals surface area contributed by atoms with Crippen molar-refractivity contribution in [2.45, 2.75) is 58.6 Å². The number of carbonyl (C=O) groups is 2. The lowest BCUT2D eigenvalue weighted by atomic mass is 9.88. The van der Waals surface area contributed by atoms with Crippen LogP contribution in [0.1, 0.15) is 68.1 Å². The maximum Gasteiger partial charge on any atom is 0.326 e. The van der Waals surface area contributed by atoms with E-state index in [1.54, 1.807) is 5.38 Å². The second-order valence-electron chi connectivity index (χ2n) is 7.04. The van der Waals surface area contributed by atoms with Crippen molar-refractivity contribution in [2.75, 3.05) is 6.61 Å². The highest BCUT2D eigenvalue weighted by atomic mass is 32.1. The van der Waals surface area contributed by atoms with Crippen LogP contribution >= 0.6 is 11.3 Å². The van der Waals surface area contributed by atoms with Crippen LogP contribution in [0.3, 0.4) is 0 Å². The third-order valence-electron chi connectivity index (χ3n) is 3.75. The maximum absolute atomic E-state index is 12.2. The van der Waals surface area contributed by atoms with Gasteiger partial charge in [0.05, 0.1) is 0 Å². The normalized spacial score (nSPS) is 19.5. The van der Waals surface area contributed by atoms with Crippen LogP contribution in [0, 0.1) is 5.41 Å². The zero-order valence-corrected chi connectivity index (χ0v) is 14.6. The minimum absolute atomic E-state index is 0.0199. The van der Waals surface area contributed by atoms with Gasteiger partial charge in [-0.3, -0.25) is 4.79 Å². The van der Waals surface area contributed by atoms with Crippen LogP contribution in [0.2, 0.25) is 0 Å². The van der Waals surface area contributed by atoms with E-state index in [0.29, 0.717) is 12.8 Å². The van der Waals surface area contributed by atoms with Gasteiger partial charge in [-0.15, -0.1) is 11.3 Å². The number of amides is 1. The van der Waals surface area contributed by atoms with Crippen molar-refractivity contribution in [3.63, 3.8) is 0 Å². The van der Waals surface area contributed by atoms with Crippen molar-refractivity contribution in [3.05, 3.63) is 16.1 Å². The fourth-order valence-corrected chi connectivity index (χ4v) is 3.26. The second-order valence-corrected chi connectivity index (χ2v) is 7.93. The summed E-state index contributed by atoms with van der Waals surface area (Å²) in [6.45, 7) is 6.85. The first-order valence-electron chi connectivity index (χ1n) is 7.87. The number of thiazole rings is 1. The molecule has 1 aromatic rings. The Bertz CT molecular complexity index is 559. The van der Waals surface area contributed by atoms with Crippen LogP contribution in [-0.4, -0.2) is 34.6 Å². The van der Waals surface area contributed by atoms with E-state index in [2.05, 4.69) is 10.3 Å². The first-order valence-corrected chi connectivity index (χ1v) is 8.75. The molecule has 1 saturated heterocycles. The molecule has 2 rings (SSSR count). The second kappa shape index (κ2) is 7.40. The Labute approximate surface area is 140 Å². The van der Waals surface area contributed by atoms with E-state index in [9.17, 15) is 14.7 Å². The molecule has 2 atom stereocenters. The molecule has 0 spiro atoms. The van der Waals surface area contributed by atoms with Crippen LogP contribution in [0.25, 0.3) is 0 Å². The molecule has 2 N–H and O–H groups in total. The average Bonchev–Trinajstić information content (AvgIpc) is 3.11. The summed E-state index contributed by atoms with van der Waals surface area (Å²) < 4.78 is 5.55. The van der Waals surface area contributed by atoms with E-state index >= 15 is 0 Å². The molecule has 0 aromatic carbocycles. The van der Waals surface area contributed by atoms with Crippen molar-refractivity contribution in [1.82, 2.24) is 10.3 Å². The van der Waals surface area contributed by atoms with Crippen LogP contribution < -0.4 is 5.32 Å². The summed E-state index contributed by atoms with van der Waals surface area (Å²) in [6, 6.07) is -0.894. The highest BCUT2D eigenvalue weighted by Crippen LogP contribution is 2.30. The van der Waals surface area contributed by atoms with E-state index in [-0.39, 0.29) is 17.2 Å². The number of hydrogen-bond acceptors (Lipinski definition) is 5. The number of carboxylic acids is 1. The number of aliphatic carboxylic acids is 1. The standard InChI is InChI=1S/C16H24N2O4S/c1-16(2,3)7-6-10(15(20)21)17-13(19)11-9-23-14(18-11)12-5-4-8-22-12/h9-10,12H,4-8H2,1-3H3,(H,17,19)(H,20,21). The Hall–Kier alpha value is -1.47. The highest BCUT2D eigenvalue weighted by molar-refractivity contribution is 7.09. The molecule has 2 unspecified atom stereocenters. The van der Waals surface area contributed by atoms with E-state index < -0.39 is 17.9 Å². The zero-order chi connectivity index (χ0) is 17.0. The van der Waals surface area contributed by atoms with Gasteiger partial charge in [-0.05, 0) is 31.1 Å². The van der Waals surface area contributed by atoms with Crippen molar-refractivity contribution in [1.29, 1.82) is 0 Å². The van der Waals surface area contributed by atoms with Gasteiger partial charge in [0.15, 0.2) is 0 Å². The highest BCUT2D eigenvalue weighted by Gasteiger charge is 2.26. The van der Waals surface area contributed by atoms with Crippen molar-refractivity contribution < 1.29 is 19.4 Å². The third-order valence-corrected chi connectivity index (χ3v) is 4.68. The minimum Gasteiger partial charge on any atom is -0.480 e. The number of carbonyl (C=O) groups excluding carboxylic acids is 1. The predicted octanol–water partition coefficient (Wildman–Crippen LogP) is 3.00. The molecule has 128 valence electrons. The molecule has 1 fully saturated rings. The number of ether oxygens (including phenoxy) is 1. The molecular formula is C16H24N2O4S. The zero-order valence-electron chi connectivity index (χ0n) is 13.8. The molecule has 0 saturated carbocycles. The molecule has 7 heteroatoms. The lowest BCUT2D eigenvalue weighted by Gasteiger charge is -2.21. The largest absolute Gasteiger partial charge is 0.480 e. The Morgan fingerprint density at radius 3 is 2.83 bits per heavy atom. The quantitative estimate of drug-likeness (QED) is 0.831. The summed E-state index contributed by atoms with van der Waals surface area (Å²) in [5.41, 5.74) is 0.286. The van der Waals surface area contributed by atoms with E-state index in [1.165, 1.54) is 11.3 Å². The van der Waals surface area contributed by atoms with Crippen LogP contribution in [0.5, 0.6) is 0 Å². The lowest BCUT2D eigenvalue weighted by molar-refractivity contribution is -0.139. The fourth-order valence-electron chi connectivity index (χ4n) is 2.38. The van der Waals surface area contributed by atoms with Gasteiger partial charge >= 0.3 is 5.97 Å². The number of aromatic nitrogens is 1. The molecule has 0 aliphatic carbocycles. The van der Waals surface area contributed by atoms with Gasteiger partial charge in [-0.1, -0.05) is 20.8 Å². The maximum atomic E-state index is 12.2. The Kier molecular flexibility index (Phi) is 5.75. The molecular weight excluding hydrogens is 316 g/mol. The Morgan fingerprint density at radius 2 is 2.26 bits per heavy atom. The van der Waals surface area contributed by atoms with Gasteiger partial charge in [0.25, 0.3) is 5.91 Å². The summed E-state index contributed by atoms with van der Waals surface area (Å²) in [5, 5.41) is 14.3. The van der Waals surface area contributed by atoms with E-state index in [4.69, 9.17) is 4.74 Å². The first-order chi connectivity index (χ1) is 10.8. The summed E-state index contributed by atoms with van der Waals surface area (Å²) in [7, 11) is 0. The van der Waals surface area contributed by atoms with Crippen molar-refractivity contribution >= 4 is 23.2 Å². The summed E-state index contributed by atoms with van der Waals surface area (Å²) in [4.78, 5) is 27.9. The number of nitrogens with one attached hydrogen (secondary N) is 1. The monoisotopic (exact) mass is 340 g/mol. The van der Waals surface area contributed by atoms with Gasteiger partial charge in [0.1, 0.15) is 22.8 Å². The average molecular weight is 340 g/mol. The number of rotatable bonds is 6. The predicted molar refractivity (Wildman–Crippen MR) is 87.6 cm³/mol. The SMILES string of the molecule is CC(C)(C)CCC(NC(=O)c1csc(C2CCCO2)n1)C(=O)O. The van der Waals surface area contributed by atoms with Gasteiger partial charge in [0, 0.05) is 12.0 Å². The van der Waals surface area contributed by atoms with Crippen LogP contribution in [0.4, 0.5) is 0 Å². The summed E-state index contributed by atoms with van der Waals surface area (Å²) in [6.07, 6.45) is 2.99. The van der Waals surface area contributed by atoms with Gasteiger partial charge in [0.2, 0.25) is 0 Å². The fraction of sp³-hybridized carbons (Fsp3) is 0.688. The Balaban J connectivity index is 1.96. The van der Waals surface area contributed by atoms with Gasteiger partial charge in [-0.2, -0.15) is 0 Å². The topological polar surface area (TPSA) is 88.5 Å². The summed E-state index contributed by atoms with van der Waals surface area (Å²) in [5.74, 6) is -1.45. The third kappa shape index (κ3) is 5.28. The molecule has 2 heterocycles. The summed E-state index contributed by atoms with van der Waals surface area (Å²) >= 11 is 1.38. The first kappa shape index (κ1) is 17.9. The molecule has 6 nitrogen and oxygen atoms in total. The van der Waals surface area contributed by atoms with Crippen molar-refractivity contribution in [2.24, 2.45) is 5.41 Å². The van der Waals surface area contributed by atoms with E-state index in [1.807, 2.05) is 20.8 Å². The number of nitrogens with zero attached hydrogens (tertiary/aromatic N) is 1. The molecule has 1 aliphatic heterocycles. The van der Waals surface area contributed by atoms with Crippen LogP contribution in [-0.2, 0) is 9.53 Å². The molecule has 0 bridgehead atoms. The lowest BCUT2D eigenvalue weighted by Crippen LogP contribution is -2.41. The van der Waals surface area contributed by atoms with Crippen LogP contribution in [0.15, 0.2) is 5.38 Å².